The molecule has 3 rings (SSSR count). The third-order valence-electron chi connectivity index (χ3n) is 3.73. The van der Waals surface area contributed by atoms with E-state index in [1.54, 1.807) is 0 Å². The molecule has 2 heterocycles. The Kier molecular flexibility index (Phi) is 3.69. The van der Waals surface area contributed by atoms with E-state index in [-0.39, 0.29) is 0 Å². The lowest BCUT2D eigenvalue weighted by molar-refractivity contribution is 0.589. The molecule has 1 aromatic heterocycles. The zero-order valence-electron chi connectivity index (χ0n) is 12.1. The first-order valence-corrected chi connectivity index (χ1v) is 7.24. The van der Waals surface area contributed by atoms with Crippen LogP contribution in [0.2, 0.25) is 0 Å². The van der Waals surface area contributed by atoms with Gasteiger partial charge in [0.1, 0.15) is 0 Å². The van der Waals surface area contributed by atoms with Crippen LogP contribution < -0.4 is 10.2 Å². The summed E-state index contributed by atoms with van der Waals surface area (Å²) in [6.45, 7) is 6.34. The van der Waals surface area contributed by atoms with Crippen molar-refractivity contribution in [2.45, 2.75) is 13.3 Å². The Bertz CT molecular complexity index is 566. The molecule has 2 aromatic rings. The molecule has 1 aromatic carbocycles. The van der Waals surface area contributed by atoms with Crippen LogP contribution in [0.1, 0.15) is 12.7 Å². The van der Waals surface area contributed by atoms with E-state index < -0.39 is 0 Å². The molecule has 1 N–H and O–H groups in total. The summed E-state index contributed by atoms with van der Waals surface area (Å²) >= 11 is 0. The number of nitrogens with zero attached hydrogens (tertiary/aromatic N) is 4. The quantitative estimate of drug-likeness (QED) is 0.918. The van der Waals surface area contributed by atoms with Crippen LogP contribution in [0.15, 0.2) is 24.3 Å². The van der Waals surface area contributed by atoms with Gasteiger partial charge in [-0.3, -0.25) is 0 Å². The van der Waals surface area contributed by atoms with Gasteiger partial charge in [-0.1, -0.05) is 6.92 Å². The maximum atomic E-state index is 4.57. The van der Waals surface area contributed by atoms with Crippen LogP contribution in [0.5, 0.6) is 0 Å². The van der Waals surface area contributed by atoms with Crippen molar-refractivity contribution in [3.63, 3.8) is 0 Å². The van der Waals surface area contributed by atoms with E-state index in [4.69, 9.17) is 0 Å². The lowest BCUT2D eigenvalue weighted by Gasteiger charge is -2.29. The molecule has 0 spiro atoms. The highest BCUT2D eigenvalue weighted by Gasteiger charge is 2.12. The molecule has 0 bridgehead atoms. The van der Waals surface area contributed by atoms with Crippen molar-refractivity contribution in [2.75, 3.05) is 31.1 Å². The van der Waals surface area contributed by atoms with Gasteiger partial charge in [0.2, 0.25) is 0 Å². The summed E-state index contributed by atoms with van der Waals surface area (Å²) in [7, 11) is 1.95. The molecule has 1 fully saturated rings. The topological polar surface area (TPSA) is 46.0 Å². The van der Waals surface area contributed by atoms with E-state index >= 15 is 0 Å². The van der Waals surface area contributed by atoms with Crippen molar-refractivity contribution >= 4 is 5.69 Å². The van der Waals surface area contributed by atoms with E-state index in [1.807, 2.05) is 11.7 Å². The van der Waals surface area contributed by atoms with Crippen LogP contribution in [-0.4, -0.2) is 40.9 Å². The minimum atomic E-state index is 0.868. The number of aromatic nitrogens is 3. The van der Waals surface area contributed by atoms with Crippen molar-refractivity contribution < 1.29 is 0 Å². The zero-order chi connectivity index (χ0) is 13.9. The maximum absolute atomic E-state index is 4.57. The predicted molar refractivity (Wildman–Crippen MR) is 80.9 cm³/mol. The van der Waals surface area contributed by atoms with Crippen molar-refractivity contribution in [1.82, 2.24) is 20.1 Å². The standard InChI is InChI=1S/C15H21N5/c1-3-14-17-15(19(2)18-14)12-4-6-13(7-5-12)20-10-8-16-9-11-20/h4-7,16H,3,8-11H2,1-2H3. The lowest BCUT2D eigenvalue weighted by Crippen LogP contribution is -2.43. The van der Waals surface area contributed by atoms with Crippen LogP contribution in [0, 0.1) is 0 Å². The molecule has 1 aliphatic rings. The van der Waals surface area contributed by atoms with Gasteiger partial charge in [-0.05, 0) is 24.3 Å². The Morgan fingerprint density at radius 3 is 2.45 bits per heavy atom. The van der Waals surface area contributed by atoms with Crippen molar-refractivity contribution in [1.29, 1.82) is 0 Å². The first-order valence-electron chi connectivity index (χ1n) is 7.24. The molecule has 0 atom stereocenters. The third-order valence-corrected chi connectivity index (χ3v) is 3.73. The molecule has 20 heavy (non-hydrogen) atoms. The summed E-state index contributed by atoms with van der Waals surface area (Å²) < 4.78 is 1.86. The van der Waals surface area contributed by atoms with Gasteiger partial charge in [0.25, 0.3) is 0 Å². The highest BCUT2D eigenvalue weighted by atomic mass is 15.3. The summed E-state index contributed by atoms with van der Waals surface area (Å²) in [5, 5.41) is 7.78. The molecule has 0 radical (unpaired) electrons. The second-order valence-electron chi connectivity index (χ2n) is 5.11. The van der Waals surface area contributed by atoms with Crippen LogP contribution in [0.25, 0.3) is 11.4 Å². The second kappa shape index (κ2) is 5.63. The number of aryl methyl sites for hydroxylation is 2. The van der Waals surface area contributed by atoms with Gasteiger partial charge in [-0.15, -0.1) is 0 Å². The Morgan fingerprint density at radius 1 is 1.15 bits per heavy atom. The fourth-order valence-electron chi connectivity index (χ4n) is 2.58. The Labute approximate surface area is 119 Å². The van der Waals surface area contributed by atoms with Crippen molar-refractivity contribution in [3.05, 3.63) is 30.1 Å². The number of hydrogen-bond donors (Lipinski definition) is 1. The van der Waals surface area contributed by atoms with Crippen LogP contribution >= 0.6 is 0 Å². The molecule has 0 saturated carbocycles. The molecule has 0 amide bonds. The number of rotatable bonds is 3. The van der Waals surface area contributed by atoms with E-state index in [1.165, 1.54) is 5.69 Å². The minimum absolute atomic E-state index is 0.868. The van der Waals surface area contributed by atoms with Gasteiger partial charge in [0.05, 0.1) is 0 Å². The summed E-state index contributed by atoms with van der Waals surface area (Å²) in [5.74, 6) is 1.84. The molecule has 1 saturated heterocycles. The number of anilines is 1. The van der Waals surface area contributed by atoms with Gasteiger partial charge in [-0.2, -0.15) is 5.10 Å². The monoisotopic (exact) mass is 271 g/mol. The van der Waals surface area contributed by atoms with E-state index in [0.717, 1.165) is 49.8 Å². The largest absolute Gasteiger partial charge is 0.369 e. The Balaban J connectivity index is 1.83. The molecule has 0 unspecified atom stereocenters. The maximum Gasteiger partial charge on any atom is 0.158 e. The molecular weight excluding hydrogens is 250 g/mol. The minimum Gasteiger partial charge on any atom is -0.369 e. The Hall–Kier alpha value is -1.88. The number of benzene rings is 1. The molecule has 5 heteroatoms. The van der Waals surface area contributed by atoms with Crippen molar-refractivity contribution in [2.24, 2.45) is 7.05 Å². The van der Waals surface area contributed by atoms with E-state index in [0.29, 0.717) is 0 Å². The first-order chi connectivity index (χ1) is 9.78. The van der Waals surface area contributed by atoms with Gasteiger partial charge >= 0.3 is 0 Å². The van der Waals surface area contributed by atoms with Crippen molar-refractivity contribution in [3.8, 4) is 11.4 Å². The Morgan fingerprint density at radius 2 is 1.85 bits per heavy atom. The van der Waals surface area contributed by atoms with Crippen LogP contribution in [-0.2, 0) is 13.5 Å². The normalized spacial score (nSPS) is 15.6. The molecule has 1 aliphatic heterocycles. The van der Waals surface area contributed by atoms with Gasteiger partial charge in [0, 0.05) is 50.9 Å². The van der Waals surface area contributed by atoms with E-state index in [9.17, 15) is 0 Å². The molecular formula is C15H21N5. The predicted octanol–water partition coefficient (Wildman–Crippen LogP) is 1.45. The summed E-state index contributed by atoms with van der Waals surface area (Å²) in [6, 6.07) is 8.64. The number of nitrogens with one attached hydrogen (secondary N) is 1. The molecule has 5 nitrogen and oxygen atoms in total. The SMILES string of the molecule is CCc1nc(-c2ccc(N3CCNCC3)cc2)n(C)n1. The molecule has 106 valence electrons. The fourth-order valence-corrected chi connectivity index (χ4v) is 2.58. The highest BCUT2D eigenvalue weighted by molar-refractivity contribution is 5.60. The number of piperazine rings is 1. The van der Waals surface area contributed by atoms with Gasteiger partial charge < -0.3 is 10.2 Å². The van der Waals surface area contributed by atoms with Gasteiger partial charge in [-0.25, -0.2) is 9.67 Å². The summed E-state index contributed by atoms with van der Waals surface area (Å²) in [5.41, 5.74) is 2.41. The number of hydrogen-bond acceptors (Lipinski definition) is 4. The lowest BCUT2D eigenvalue weighted by atomic mass is 10.1. The molecule has 0 aliphatic carbocycles. The fraction of sp³-hybridized carbons (Fsp3) is 0.467. The average molecular weight is 271 g/mol. The smallest absolute Gasteiger partial charge is 0.158 e. The average Bonchev–Trinajstić information content (AvgIpc) is 2.89. The zero-order valence-corrected chi connectivity index (χ0v) is 12.1. The highest BCUT2D eigenvalue weighted by Crippen LogP contribution is 2.22. The summed E-state index contributed by atoms with van der Waals surface area (Å²) in [4.78, 5) is 6.98. The second-order valence-corrected chi connectivity index (χ2v) is 5.11. The summed E-state index contributed by atoms with van der Waals surface area (Å²) in [6.07, 6.45) is 0.868. The van der Waals surface area contributed by atoms with Crippen LogP contribution in [0.4, 0.5) is 5.69 Å². The van der Waals surface area contributed by atoms with E-state index in [2.05, 4.69) is 51.5 Å². The van der Waals surface area contributed by atoms with Gasteiger partial charge in [0.15, 0.2) is 11.6 Å². The van der Waals surface area contributed by atoms with Crippen LogP contribution in [0.3, 0.4) is 0 Å². The first kappa shape index (κ1) is 13.1. The third kappa shape index (κ3) is 2.54.